The SMILES string of the molecule is CC(=O)ON=C1CCCCC1=CC(C)C. The Morgan fingerprint density at radius 1 is 1.40 bits per heavy atom. The fourth-order valence-corrected chi connectivity index (χ4v) is 1.72. The third kappa shape index (κ3) is 4.28. The molecule has 1 aliphatic carbocycles. The van der Waals surface area contributed by atoms with Gasteiger partial charge in [0.15, 0.2) is 0 Å². The molecule has 0 N–H and O–H groups in total. The van der Waals surface area contributed by atoms with Crippen molar-refractivity contribution in [3.63, 3.8) is 0 Å². The molecule has 3 heteroatoms. The summed E-state index contributed by atoms with van der Waals surface area (Å²) in [4.78, 5) is 15.4. The molecule has 0 radical (unpaired) electrons. The van der Waals surface area contributed by atoms with Crippen LogP contribution in [0.4, 0.5) is 0 Å². The third-order valence-corrected chi connectivity index (χ3v) is 2.30. The first kappa shape index (κ1) is 12.0. The van der Waals surface area contributed by atoms with Gasteiger partial charge in [-0.3, -0.25) is 0 Å². The van der Waals surface area contributed by atoms with E-state index in [1.165, 1.54) is 18.9 Å². The van der Waals surface area contributed by atoms with Crippen molar-refractivity contribution < 1.29 is 9.63 Å². The maximum absolute atomic E-state index is 10.7. The molecule has 0 saturated heterocycles. The minimum atomic E-state index is -0.350. The van der Waals surface area contributed by atoms with E-state index < -0.39 is 0 Å². The van der Waals surface area contributed by atoms with E-state index in [1.807, 2.05) is 0 Å². The van der Waals surface area contributed by atoms with E-state index in [0.29, 0.717) is 5.92 Å². The topological polar surface area (TPSA) is 38.7 Å². The molecule has 15 heavy (non-hydrogen) atoms. The summed E-state index contributed by atoms with van der Waals surface area (Å²) in [6.07, 6.45) is 6.53. The Bertz CT molecular complexity index is 290. The van der Waals surface area contributed by atoms with E-state index in [1.54, 1.807) is 0 Å². The Labute approximate surface area is 91.2 Å². The summed E-state index contributed by atoms with van der Waals surface area (Å²) in [5.74, 6) is 0.164. The second-order valence-electron chi connectivity index (χ2n) is 4.26. The molecule has 1 saturated carbocycles. The second-order valence-corrected chi connectivity index (χ2v) is 4.26. The molecule has 0 aromatic carbocycles. The van der Waals surface area contributed by atoms with Crippen LogP contribution < -0.4 is 0 Å². The highest BCUT2D eigenvalue weighted by Gasteiger charge is 2.14. The summed E-state index contributed by atoms with van der Waals surface area (Å²) in [5, 5.41) is 3.92. The van der Waals surface area contributed by atoms with Crippen LogP contribution in [-0.2, 0) is 9.63 Å². The van der Waals surface area contributed by atoms with Crippen LogP contribution >= 0.6 is 0 Å². The molecule has 0 amide bonds. The standard InChI is InChI=1S/C12H19NO2/c1-9(2)8-11-6-4-5-7-12(11)13-15-10(3)14/h8-9H,4-7H2,1-3H3. The first-order chi connectivity index (χ1) is 7.09. The Morgan fingerprint density at radius 3 is 2.67 bits per heavy atom. The number of nitrogens with zero attached hydrogens (tertiary/aromatic N) is 1. The molecule has 0 aromatic heterocycles. The van der Waals surface area contributed by atoms with Gasteiger partial charge in [-0.15, -0.1) is 0 Å². The van der Waals surface area contributed by atoms with Gasteiger partial charge in [-0.2, -0.15) is 0 Å². The van der Waals surface area contributed by atoms with Crippen LogP contribution in [0.25, 0.3) is 0 Å². The normalized spacial score (nSPS) is 22.4. The number of rotatable bonds is 2. The number of hydrogen-bond donors (Lipinski definition) is 0. The van der Waals surface area contributed by atoms with Crippen molar-refractivity contribution in [1.82, 2.24) is 0 Å². The average Bonchev–Trinajstić information content (AvgIpc) is 2.15. The summed E-state index contributed by atoms with van der Waals surface area (Å²) < 4.78 is 0. The number of oxime groups is 1. The Morgan fingerprint density at radius 2 is 2.07 bits per heavy atom. The lowest BCUT2D eigenvalue weighted by Crippen LogP contribution is -2.11. The van der Waals surface area contributed by atoms with Crippen LogP contribution in [0.5, 0.6) is 0 Å². The molecular formula is C12H19NO2. The van der Waals surface area contributed by atoms with Gasteiger partial charge in [0.05, 0.1) is 5.71 Å². The lowest BCUT2D eigenvalue weighted by Gasteiger charge is -2.16. The zero-order valence-electron chi connectivity index (χ0n) is 9.75. The molecule has 0 aliphatic heterocycles. The minimum Gasteiger partial charge on any atom is -0.318 e. The maximum Gasteiger partial charge on any atom is 0.331 e. The first-order valence-electron chi connectivity index (χ1n) is 5.55. The van der Waals surface area contributed by atoms with E-state index in [-0.39, 0.29) is 5.97 Å². The van der Waals surface area contributed by atoms with Crippen molar-refractivity contribution in [2.24, 2.45) is 11.1 Å². The second kappa shape index (κ2) is 5.69. The van der Waals surface area contributed by atoms with Crippen molar-refractivity contribution >= 4 is 11.7 Å². The zero-order chi connectivity index (χ0) is 11.3. The van der Waals surface area contributed by atoms with E-state index in [9.17, 15) is 4.79 Å². The van der Waals surface area contributed by atoms with Crippen molar-refractivity contribution in [1.29, 1.82) is 0 Å². The average molecular weight is 209 g/mol. The molecule has 3 nitrogen and oxygen atoms in total. The van der Waals surface area contributed by atoms with Gasteiger partial charge in [-0.05, 0) is 37.2 Å². The highest BCUT2D eigenvalue weighted by Crippen LogP contribution is 2.22. The molecular weight excluding hydrogens is 190 g/mol. The molecule has 0 unspecified atom stereocenters. The predicted molar refractivity (Wildman–Crippen MR) is 60.6 cm³/mol. The third-order valence-electron chi connectivity index (χ3n) is 2.30. The van der Waals surface area contributed by atoms with Crippen molar-refractivity contribution in [3.8, 4) is 0 Å². The fraction of sp³-hybridized carbons (Fsp3) is 0.667. The smallest absolute Gasteiger partial charge is 0.318 e. The van der Waals surface area contributed by atoms with Gasteiger partial charge in [0.25, 0.3) is 0 Å². The quantitative estimate of drug-likeness (QED) is 0.518. The van der Waals surface area contributed by atoms with Gasteiger partial charge in [0.1, 0.15) is 0 Å². The molecule has 1 rings (SSSR count). The van der Waals surface area contributed by atoms with E-state index in [0.717, 1.165) is 25.0 Å². The van der Waals surface area contributed by atoms with Crippen LogP contribution in [0, 0.1) is 5.92 Å². The molecule has 0 bridgehead atoms. The molecule has 1 aliphatic rings. The number of allylic oxidation sites excluding steroid dienone is 2. The molecule has 0 aromatic rings. The van der Waals surface area contributed by atoms with Gasteiger partial charge in [0.2, 0.25) is 0 Å². The van der Waals surface area contributed by atoms with E-state index >= 15 is 0 Å². The highest BCUT2D eigenvalue weighted by atomic mass is 16.7. The van der Waals surface area contributed by atoms with Crippen molar-refractivity contribution in [2.75, 3.05) is 0 Å². The molecule has 0 heterocycles. The van der Waals surface area contributed by atoms with Crippen molar-refractivity contribution in [3.05, 3.63) is 11.6 Å². The Kier molecular flexibility index (Phi) is 4.53. The van der Waals surface area contributed by atoms with Gasteiger partial charge < -0.3 is 4.84 Å². The van der Waals surface area contributed by atoms with Crippen LogP contribution in [0.1, 0.15) is 46.5 Å². The molecule has 1 fully saturated rings. The van der Waals surface area contributed by atoms with E-state index in [4.69, 9.17) is 4.84 Å². The van der Waals surface area contributed by atoms with Crippen molar-refractivity contribution in [2.45, 2.75) is 46.5 Å². The maximum atomic E-state index is 10.7. The monoisotopic (exact) mass is 209 g/mol. The molecule has 84 valence electrons. The van der Waals surface area contributed by atoms with Gasteiger partial charge in [-0.1, -0.05) is 25.1 Å². The van der Waals surface area contributed by atoms with Crippen LogP contribution in [0.3, 0.4) is 0 Å². The number of carbonyl (C=O) groups excluding carboxylic acids is 1. The lowest BCUT2D eigenvalue weighted by atomic mass is 9.91. The fourth-order valence-electron chi connectivity index (χ4n) is 1.72. The summed E-state index contributed by atoms with van der Waals surface area (Å²) in [5.41, 5.74) is 2.20. The van der Waals surface area contributed by atoms with Crippen LogP contribution in [0.15, 0.2) is 16.8 Å². The van der Waals surface area contributed by atoms with Gasteiger partial charge >= 0.3 is 5.97 Å². The summed E-state index contributed by atoms with van der Waals surface area (Å²) in [7, 11) is 0. The largest absolute Gasteiger partial charge is 0.331 e. The van der Waals surface area contributed by atoms with Gasteiger partial charge in [0, 0.05) is 6.92 Å². The lowest BCUT2D eigenvalue weighted by molar-refractivity contribution is -0.140. The highest BCUT2D eigenvalue weighted by molar-refractivity contribution is 6.00. The number of carbonyl (C=O) groups is 1. The van der Waals surface area contributed by atoms with Gasteiger partial charge in [-0.25, -0.2) is 4.79 Å². The Hall–Kier alpha value is -1.12. The summed E-state index contributed by atoms with van der Waals surface area (Å²) >= 11 is 0. The van der Waals surface area contributed by atoms with Crippen LogP contribution in [0.2, 0.25) is 0 Å². The minimum absolute atomic E-state index is 0.350. The van der Waals surface area contributed by atoms with Crippen LogP contribution in [-0.4, -0.2) is 11.7 Å². The zero-order valence-corrected chi connectivity index (χ0v) is 9.75. The van der Waals surface area contributed by atoms with E-state index in [2.05, 4.69) is 25.1 Å². The molecule has 0 spiro atoms. The first-order valence-corrected chi connectivity index (χ1v) is 5.55. The summed E-state index contributed by atoms with van der Waals surface area (Å²) in [6, 6.07) is 0. The Balaban J connectivity index is 2.73. The predicted octanol–water partition coefficient (Wildman–Crippen LogP) is 3.06. The number of hydrogen-bond acceptors (Lipinski definition) is 3. The molecule has 0 atom stereocenters. The summed E-state index contributed by atoms with van der Waals surface area (Å²) in [6.45, 7) is 5.66.